The number of rotatable bonds is 19. The van der Waals surface area contributed by atoms with E-state index in [4.69, 9.17) is 33.2 Å². The van der Waals surface area contributed by atoms with E-state index in [0.717, 1.165) is 61.1 Å². The van der Waals surface area contributed by atoms with Crippen molar-refractivity contribution in [2.45, 2.75) is 57.6 Å². The van der Waals surface area contributed by atoms with Crippen LogP contribution in [0, 0.1) is 0 Å². The van der Waals surface area contributed by atoms with Crippen LogP contribution in [0.3, 0.4) is 0 Å². The van der Waals surface area contributed by atoms with Gasteiger partial charge >= 0.3 is 5.97 Å². The van der Waals surface area contributed by atoms with E-state index in [9.17, 15) is 4.79 Å². The summed E-state index contributed by atoms with van der Waals surface area (Å²) in [6.07, 6.45) is -1.44. The van der Waals surface area contributed by atoms with Crippen LogP contribution >= 0.6 is 0 Å². The SMILES string of the molecule is COC(=O)Cc1c(C2c3c(OCc4ccccc4)cc(OCc4ccccc4)cc3O[C@H](c3ccc(OCc4ccccc4)c(OCc4ccccc4)c3)[C@H]2OCc2ccccc2)[nH]c2ccccc12. The number of fused-ring (bicyclic) bond motifs is 2. The average molecular weight is 928 g/mol. The molecule has 1 unspecified atom stereocenters. The molecule has 2 heterocycles. The van der Waals surface area contributed by atoms with E-state index in [2.05, 4.69) is 4.98 Å². The van der Waals surface area contributed by atoms with Gasteiger partial charge in [0.1, 0.15) is 49.8 Å². The highest BCUT2D eigenvalue weighted by atomic mass is 16.6. The molecule has 0 bridgehead atoms. The highest BCUT2D eigenvalue weighted by molar-refractivity contribution is 5.89. The van der Waals surface area contributed by atoms with Gasteiger partial charge in [0.25, 0.3) is 0 Å². The maximum absolute atomic E-state index is 13.5. The van der Waals surface area contributed by atoms with Crippen LogP contribution in [0.5, 0.6) is 28.7 Å². The Morgan fingerprint density at radius 1 is 0.514 bits per heavy atom. The smallest absolute Gasteiger partial charge is 0.310 e. The number of aromatic nitrogens is 1. The summed E-state index contributed by atoms with van der Waals surface area (Å²) in [5, 5.41) is 0.903. The second kappa shape index (κ2) is 21.8. The Balaban J connectivity index is 1.16. The molecule has 9 aromatic rings. The summed E-state index contributed by atoms with van der Waals surface area (Å²) >= 11 is 0. The van der Waals surface area contributed by atoms with Crippen molar-refractivity contribution >= 4 is 16.9 Å². The molecule has 9 heteroatoms. The summed E-state index contributed by atoms with van der Waals surface area (Å²) in [7, 11) is 1.42. The summed E-state index contributed by atoms with van der Waals surface area (Å²) in [5.41, 5.74) is 9.01. The van der Waals surface area contributed by atoms with Gasteiger partial charge in [0, 0.05) is 34.3 Å². The van der Waals surface area contributed by atoms with Gasteiger partial charge in [-0.2, -0.15) is 0 Å². The zero-order valence-corrected chi connectivity index (χ0v) is 38.9. The first kappa shape index (κ1) is 45.5. The van der Waals surface area contributed by atoms with Crippen molar-refractivity contribution in [1.29, 1.82) is 0 Å². The van der Waals surface area contributed by atoms with Crippen LogP contribution in [-0.4, -0.2) is 24.2 Å². The minimum atomic E-state index is -0.743. The summed E-state index contributed by atoms with van der Waals surface area (Å²) in [4.78, 5) is 17.2. The Labute approximate surface area is 408 Å². The lowest BCUT2D eigenvalue weighted by molar-refractivity contribution is -0.139. The first-order chi connectivity index (χ1) is 34.6. The second-order valence-corrected chi connectivity index (χ2v) is 17.2. The van der Waals surface area contributed by atoms with Gasteiger partial charge in [-0.1, -0.05) is 176 Å². The van der Waals surface area contributed by atoms with E-state index in [1.54, 1.807) is 0 Å². The predicted molar refractivity (Wildman–Crippen MR) is 270 cm³/mol. The number of carbonyl (C=O) groups excluding carboxylic acids is 1. The normalized spacial score (nSPS) is 15.1. The standard InChI is InChI=1S/C61H53NO8/c1-64-56(63)36-50-49-29-17-18-30-51(49)62-59(50)58-57-54(68-40-45-25-13-5-14-26-45)34-48(65-37-42-19-7-2-8-20-42)35-55(57)70-60(61(58)69-41-46-27-15-6-16-28-46)47-31-32-52(66-38-43-21-9-3-10-22-43)53(33-47)67-39-44-23-11-4-12-24-44/h2-35,58,60-62H,36-41H2,1H3/t58?,60-,61+/m1/s1. The minimum Gasteiger partial charge on any atom is -0.489 e. The Kier molecular flexibility index (Phi) is 14.2. The van der Waals surface area contributed by atoms with Crippen molar-refractivity contribution < 1.29 is 38.0 Å². The van der Waals surface area contributed by atoms with Crippen LogP contribution in [0.4, 0.5) is 0 Å². The van der Waals surface area contributed by atoms with Crippen LogP contribution in [0.2, 0.25) is 0 Å². The average Bonchev–Trinajstić information content (AvgIpc) is 3.78. The number of benzene rings is 8. The van der Waals surface area contributed by atoms with Gasteiger partial charge in [-0.3, -0.25) is 4.79 Å². The summed E-state index contributed by atoms with van der Waals surface area (Å²) in [6, 6.07) is 68.2. The molecule has 1 aromatic heterocycles. The highest BCUT2D eigenvalue weighted by Crippen LogP contribution is 2.54. The zero-order chi connectivity index (χ0) is 47.5. The fourth-order valence-electron chi connectivity index (χ4n) is 9.02. The molecule has 9 nitrogen and oxygen atoms in total. The third kappa shape index (κ3) is 10.7. The summed E-state index contributed by atoms with van der Waals surface area (Å²) in [6.45, 7) is 1.52. The Bertz CT molecular complexity index is 3130. The van der Waals surface area contributed by atoms with E-state index in [1.807, 2.05) is 206 Å². The molecule has 1 N–H and O–H groups in total. The molecule has 0 saturated heterocycles. The molecule has 0 amide bonds. The number of H-pyrrole nitrogens is 1. The Morgan fingerprint density at radius 3 is 1.59 bits per heavy atom. The van der Waals surface area contributed by atoms with Gasteiger partial charge < -0.3 is 38.1 Å². The van der Waals surface area contributed by atoms with Crippen LogP contribution in [0.15, 0.2) is 206 Å². The Morgan fingerprint density at radius 2 is 1.01 bits per heavy atom. The molecule has 0 radical (unpaired) electrons. The molecule has 0 saturated carbocycles. The number of nitrogens with one attached hydrogen (secondary N) is 1. The zero-order valence-electron chi connectivity index (χ0n) is 38.9. The second-order valence-electron chi connectivity index (χ2n) is 17.2. The van der Waals surface area contributed by atoms with Crippen molar-refractivity contribution in [3.63, 3.8) is 0 Å². The van der Waals surface area contributed by atoms with Gasteiger partial charge in [-0.15, -0.1) is 0 Å². The number of methoxy groups -OCH3 is 1. The first-order valence-electron chi connectivity index (χ1n) is 23.5. The predicted octanol–water partition coefficient (Wildman–Crippen LogP) is 13.1. The number of ether oxygens (including phenoxy) is 7. The van der Waals surface area contributed by atoms with Crippen molar-refractivity contribution in [2.75, 3.05) is 7.11 Å². The number of hydrogen-bond donors (Lipinski definition) is 1. The van der Waals surface area contributed by atoms with Crippen molar-refractivity contribution in [3.05, 3.63) is 256 Å². The van der Waals surface area contributed by atoms with Crippen LogP contribution in [0.1, 0.15) is 62.2 Å². The molecule has 10 rings (SSSR count). The van der Waals surface area contributed by atoms with Crippen LogP contribution < -0.4 is 23.7 Å². The van der Waals surface area contributed by atoms with E-state index in [0.29, 0.717) is 48.6 Å². The van der Waals surface area contributed by atoms with Gasteiger partial charge in [-0.25, -0.2) is 0 Å². The topological polar surface area (TPSA) is 97.5 Å². The van der Waals surface area contributed by atoms with E-state index >= 15 is 0 Å². The van der Waals surface area contributed by atoms with E-state index < -0.39 is 18.1 Å². The molecule has 0 spiro atoms. The largest absolute Gasteiger partial charge is 0.489 e. The van der Waals surface area contributed by atoms with Crippen molar-refractivity contribution in [1.82, 2.24) is 4.98 Å². The number of carbonyl (C=O) groups is 1. The maximum atomic E-state index is 13.5. The first-order valence-corrected chi connectivity index (χ1v) is 23.5. The minimum absolute atomic E-state index is 0.0159. The summed E-state index contributed by atoms with van der Waals surface area (Å²) in [5.74, 6) is 1.84. The van der Waals surface area contributed by atoms with Crippen LogP contribution in [-0.2, 0) is 53.7 Å². The Hall–Kier alpha value is -8.27. The van der Waals surface area contributed by atoms with E-state index in [1.165, 1.54) is 7.11 Å². The highest BCUT2D eigenvalue weighted by Gasteiger charge is 2.46. The van der Waals surface area contributed by atoms with Crippen molar-refractivity contribution in [3.8, 4) is 28.7 Å². The fraction of sp³-hybridized carbons (Fsp3) is 0.164. The molecule has 0 fully saturated rings. The molecular weight excluding hydrogens is 875 g/mol. The monoisotopic (exact) mass is 927 g/mol. The molecule has 1 aliphatic heterocycles. The fourth-order valence-corrected chi connectivity index (χ4v) is 9.02. The lowest BCUT2D eigenvalue weighted by Gasteiger charge is -2.41. The lowest BCUT2D eigenvalue weighted by Crippen LogP contribution is -2.38. The molecular formula is C61H53NO8. The van der Waals surface area contributed by atoms with Gasteiger partial charge in [0.2, 0.25) is 0 Å². The molecule has 70 heavy (non-hydrogen) atoms. The lowest BCUT2D eigenvalue weighted by atomic mass is 9.80. The third-order valence-electron chi connectivity index (χ3n) is 12.5. The molecule has 3 atom stereocenters. The molecule has 1 aliphatic rings. The van der Waals surface area contributed by atoms with Gasteiger partial charge in [0.05, 0.1) is 26.1 Å². The number of para-hydroxylation sites is 1. The molecule has 0 aliphatic carbocycles. The molecule has 8 aromatic carbocycles. The summed E-state index contributed by atoms with van der Waals surface area (Å²) < 4.78 is 46.7. The molecule has 350 valence electrons. The quantitative estimate of drug-likeness (QED) is 0.0801. The third-order valence-corrected chi connectivity index (χ3v) is 12.5. The van der Waals surface area contributed by atoms with Crippen LogP contribution in [0.25, 0.3) is 10.9 Å². The van der Waals surface area contributed by atoms with Gasteiger partial charge in [0.15, 0.2) is 17.6 Å². The van der Waals surface area contributed by atoms with Gasteiger partial charge in [-0.05, 0) is 57.1 Å². The van der Waals surface area contributed by atoms with Crippen molar-refractivity contribution in [2.24, 2.45) is 0 Å². The van der Waals surface area contributed by atoms with E-state index in [-0.39, 0.29) is 25.6 Å². The number of esters is 1. The maximum Gasteiger partial charge on any atom is 0.310 e. The number of aromatic amines is 1. The number of hydrogen-bond acceptors (Lipinski definition) is 8.